The van der Waals surface area contributed by atoms with Crippen molar-refractivity contribution in [1.82, 2.24) is 0 Å². The first-order valence-electron chi connectivity index (χ1n) is 19.3. The van der Waals surface area contributed by atoms with E-state index in [4.69, 9.17) is 10.8 Å². The number of anilines is 3. The van der Waals surface area contributed by atoms with Crippen LogP contribution in [0.4, 0.5) is 17.1 Å². The predicted molar refractivity (Wildman–Crippen MR) is 240 cm³/mol. The lowest BCUT2D eigenvalue weighted by Gasteiger charge is -2.32. The fourth-order valence-electron chi connectivity index (χ4n) is 8.08. The van der Waals surface area contributed by atoms with Crippen LogP contribution < -0.4 is 4.90 Å². The van der Waals surface area contributed by atoms with Crippen LogP contribution >= 0.6 is 11.8 Å². The van der Waals surface area contributed by atoms with Crippen molar-refractivity contribution in [3.05, 3.63) is 201 Å². The number of rotatable bonds is 9. The predicted octanol–water partition coefficient (Wildman–Crippen LogP) is 14.5. The molecule has 0 bridgehead atoms. The number of allylic oxidation sites excluding steroid dienone is 11. The third-order valence-corrected chi connectivity index (χ3v) is 11.8. The zero-order valence-electron chi connectivity index (χ0n) is 32.7. The van der Waals surface area contributed by atoms with Crippen molar-refractivity contribution in [2.75, 3.05) is 4.90 Å². The molecule has 0 radical (unpaired) electrons. The molecule has 4 heteroatoms. The molecule has 276 valence electrons. The standard InChI is InChI=1S/C35H31N.C14H14N2S.C2H6/c1-24-10-9-13-27(22-24)36(34-17-8-3-11-25(34)2)28-18-19-30-29-14-5-7-16-32(29)35(33(30)23-28)21-20-26-12-4-6-15-31(26)35;1-3-4-5-8-14(12(16)10-15)17-13-9-6-7-11(13)2;1-2/h3,5-11,13-19,22-23H,4,12,20-21H2,1-2H3;3-5,7-10,15-16H,1H2,2H3;1-2H3/b;5-4-,14-8-,15-10?,16-12?;. The third kappa shape index (κ3) is 7.80. The van der Waals surface area contributed by atoms with E-state index in [2.05, 4.69) is 134 Å². The first-order chi connectivity index (χ1) is 26.8. The smallest absolute Gasteiger partial charge is 0.0854 e. The normalized spacial score (nSPS) is 17.4. The lowest BCUT2D eigenvalue weighted by Crippen LogP contribution is -2.25. The summed E-state index contributed by atoms with van der Waals surface area (Å²) < 4.78 is 0. The quantitative estimate of drug-likeness (QED) is 0.102. The molecule has 0 heterocycles. The van der Waals surface area contributed by atoms with Crippen LogP contribution in [0.15, 0.2) is 178 Å². The lowest BCUT2D eigenvalue weighted by atomic mass is 9.71. The summed E-state index contributed by atoms with van der Waals surface area (Å²) >= 11 is 1.47. The molecule has 1 spiro atoms. The maximum absolute atomic E-state index is 7.70. The Labute approximate surface area is 332 Å². The Morgan fingerprint density at radius 3 is 2.35 bits per heavy atom. The van der Waals surface area contributed by atoms with Crippen molar-refractivity contribution in [2.45, 2.75) is 65.7 Å². The molecule has 4 aliphatic rings. The molecular weight excluding hydrogens is 687 g/mol. The first kappa shape index (κ1) is 39.0. The maximum atomic E-state index is 7.70. The minimum atomic E-state index is -0.0296. The van der Waals surface area contributed by atoms with Crippen molar-refractivity contribution in [3.63, 3.8) is 0 Å². The number of benzene rings is 4. The number of aryl methyl sites for hydroxylation is 2. The van der Waals surface area contributed by atoms with E-state index < -0.39 is 0 Å². The van der Waals surface area contributed by atoms with Crippen LogP contribution in [-0.2, 0) is 5.41 Å². The largest absolute Gasteiger partial charge is 0.310 e. The summed E-state index contributed by atoms with van der Waals surface area (Å²) in [6, 6.07) is 33.9. The van der Waals surface area contributed by atoms with Crippen LogP contribution in [0.2, 0.25) is 0 Å². The monoisotopic (exact) mass is 737 g/mol. The highest BCUT2D eigenvalue weighted by Crippen LogP contribution is 2.61. The average molecular weight is 738 g/mol. The van der Waals surface area contributed by atoms with Crippen LogP contribution in [0, 0.1) is 24.7 Å². The summed E-state index contributed by atoms with van der Waals surface area (Å²) in [6.07, 6.45) is 21.5. The van der Waals surface area contributed by atoms with E-state index in [-0.39, 0.29) is 11.1 Å². The van der Waals surface area contributed by atoms with Crippen molar-refractivity contribution >= 4 is 40.8 Å². The molecule has 0 saturated carbocycles. The number of nitrogens with one attached hydrogen (secondary N) is 2. The van der Waals surface area contributed by atoms with E-state index >= 15 is 0 Å². The number of nitrogens with zero attached hydrogens (tertiary/aromatic N) is 1. The summed E-state index contributed by atoms with van der Waals surface area (Å²) in [4.78, 5) is 4.25. The minimum absolute atomic E-state index is 0.0296. The first-order valence-corrected chi connectivity index (χ1v) is 20.1. The Balaban J connectivity index is 0.000000229. The number of hydrogen-bond acceptors (Lipinski definition) is 4. The van der Waals surface area contributed by atoms with Crippen molar-refractivity contribution in [1.29, 1.82) is 10.8 Å². The van der Waals surface area contributed by atoms with Gasteiger partial charge in [-0.3, -0.25) is 5.41 Å². The van der Waals surface area contributed by atoms with E-state index in [1.54, 1.807) is 23.3 Å². The maximum Gasteiger partial charge on any atom is 0.0854 e. The Morgan fingerprint density at radius 2 is 1.60 bits per heavy atom. The van der Waals surface area contributed by atoms with Crippen LogP contribution in [0.3, 0.4) is 0 Å². The Kier molecular flexibility index (Phi) is 12.5. The highest BCUT2D eigenvalue weighted by molar-refractivity contribution is 8.08. The van der Waals surface area contributed by atoms with Gasteiger partial charge in [0.2, 0.25) is 0 Å². The molecule has 4 aliphatic carbocycles. The van der Waals surface area contributed by atoms with Crippen LogP contribution in [-0.4, -0.2) is 11.9 Å². The van der Waals surface area contributed by atoms with E-state index in [0.29, 0.717) is 0 Å². The Hall–Kier alpha value is -5.67. The molecule has 2 N–H and O–H groups in total. The summed E-state index contributed by atoms with van der Waals surface area (Å²) in [5.74, 6) is 0. The molecule has 0 aromatic heterocycles. The zero-order chi connectivity index (χ0) is 39.0. The number of fused-ring (bicyclic) bond motifs is 6. The van der Waals surface area contributed by atoms with Gasteiger partial charge in [-0.25, -0.2) is 0 Å². The highest BCUT2D eigenvalue weighted by Gasteiger charge is 2.49. The molecule has 1 atom stereocenters. The molecule has 0 saturated heterocycles. The SMILES string of the molecule is C=C/C=C\C=C(/SC1=C(C)C=C=C1)C(=N)C=N.CC.Cc1cccc(N(c2ccc3c(c2)C2(CCC4=C2C=CCC4)c2ccccc2-3)c2ccccc2C)c1. The van der Waals surface area contributed by atoms with E-state index in [1.807, 2.05) is 45.1 Å². The summed E-state index contributed by atoms with van der Waals surface area (Å²) in [6.45, 7) is 14.0. The van der Waals surface area contributed by atoms with Gasteiger partial charge < -0.3 is 10.3 Å². The second-order valence-electron chi connectivity index (χ2n) is 13.9. The molecule has 55 heavy (non-hydrogen) atoms. The highest BCUT2D eigenvalue weighted by atomic mass is 32.2. The van der Waals surface area contributed by atoms with Crippen LogP contribution in [0.25, 0.3) is 11.1 Å². The average Bonchev–Trinajstić information content (AvgIpc) is 3.90. The number of hydrogen-bond donors (Lipinski definition) is 2. The molecule has 0 fully saturated rings. The van der Waals surface area contributed by atoms with Gasteiger partial charge in [0.1, 0.15) is 0 Å². The molecule has 4 aromatic carbocycles. The van der Waals surface area contributed by atoms with Gasteiger partial charge in [-0.1, -0.05) is 129 Å². The molecule has 0 aliphatic heterocycles. The topological polar surface area (TPSA) is 50.9 Å². The number of thioether (sulfide) groups is 1. The fourth-order valence-corrected chi connectivity index (χ4v) is 8.98. The van der Waals surface area contributed by atoms with Gasteiger partial charge in [0, 0.05) is 38.5 Å². The van der Waals surface area contributed by atoms with E-state index in [1.165, 1.54) is 87.9 Å². The minimum Gasteiger partial charge on any atom is -0.310 e. The van der Waals surface area contributed by atoms with Gasteiger partial charge in [-0.05, 0) is 140 Å². The van der Waals surface area contributed by atoms with E-state index in [9.17, 15) is 0 Å². The van der Waals surface area contributed by atoms with Gasteiger partial charge in [-0.15, -0.1) is 5.73 Å². The number of para-hydroxylation sites is 1. The van der Waals surface area contributed by atoms with Crippen LogP contribution in [0.1, 0.15) is 68.7 Å². The Bertz CT molecular complexity index is 2360. The van der Waals surface area contributed by atoms with Crippen molar-refractivity contribution < 1.29 is 0 Å². The van der Waals surface area contributed by atoms with Gasteiger partial charge in [0.25, 0.3) is 0 Å². The third-order valence-electron chi connectivity index (χ3n) is 10.6. The van der Waals surface area contributed by atoms with E-state index in [0.717, 1.165) is 21.6 Å². The zero-order valence-corrected chi connectivity index (χ0v) is 33.6. The van der Waals surface area contributed by atoms with Gasteiger partial charge in [0.15, 0.2) is 0 Å². The van der Waals surface area contributed by atoms with Gasteiger partial charge in [0.05, 0.1) is 5.71 Å². The molecule has 3 nitrogen and oxygen atoms in total. The summed E-state index contributed by atoms with van der Waals surface area (Å²) in [5, 5.41) is 14.8. The molecule has 1 unspecified atom stereocenters. The van der Waals surface area contributed by atoms with Gasteiger partial charge >= 0.3 is 0 Å². The van der Waals surface area contributed by atoms with Crippen LogP contribution in [0.5, 0.6) is 0 Å². The lowest BCUT2D eigenvalue weighted by molar-refractivity contribution is 0.619. The second-order valence-corrected chi connectivity index (χ2v) is 15.0. The molecule has 4 aromatic rings. The fraction of sp³-hybridized carbons (Fsp3) is 0.196. The molecular formula is C51H51N3S. The van der Waals surface area contributed by atoms with Crippen molar-refractivity contribution in [2.24, 2.45) is 0 Å². The summed E-state index contributed by atoms with van der Waals surface area (Å²) in [5.41, 5.74) is 19.5. The Morgan fingerprint density at radius 1 is 0.836 bits per heavy atom. The van der Waals surface area contributed by atoms with Gasteiger partial charge in [-0.2, -0.15) is 0 Å². The molecule has 0 amide bonds. The molecule has 8 rings (SSSR count). The van der Waals surface area contributed by atoms with Crippen molar-refractivity contribution in [3.8, 4) is 11.1 Å². The second kappa shape index (κ2) is 17.6. The summed E-state index contributed by atoms with van der Waals surface area (Å²) in [7, 11) is 0.